The minimum Gasteiger partial charge on any atom is -0.444 e. The molecule has 0 aromatic rings. The van der Waals surface area contributed by atoms with Crippen molar-refractivity contribution < 1.29 is 19.1 Å². The lowest BCUT2D eigenvalue weighted by atomic mass is 10.2. The third-order valence-corrected chi connectivity index (χ3v) is 2.51. The third-order valence-electron chi connectivity index (χ3n) is 2.51. The number of carbonyl (C=O) groups is 2. The number of hydrogen-bond donors (Lipinski definition) is 4. The Morgan fingerprint density at radius 3 is 1.80 bits per heavy atom. The number of nitrogens with one attached hydrogen (secondary N) is 4. The summed E-state index contributed by atoms with van der Waals surface area (Å²) < 4.78 is 10.2. The first kappa shape index (κ1) is 20.3. The quantitative estimate of drug-likeness (QED) is 0.388. The van der Waals surface area contributed by atoms with Gasteiger partial charge in [0.15, 0.2) is 0 Å². The molecule has 1 rings (SSSR count). The van der Waals surface area contributed by atoms with E-state index in [0.29, 0.717) is 0 Å². The van der Waals surface area contributed by atoms with Crippen LogP contribution in [-0.2, 0) is 9.47 Å². The van der Waals surface area contributed by atoms with Gasteiger partial charge in [0, 0.05) is 6.20 Å². The summed E-state index contributed by atoms with van der Waals surface area (Å²) in [6.45, 7) is 10.5. The lowest BCUT2D eigenvalue weighted by Gasteiger charge is -2.31. The topological polar surface area (TPSA) is 131 Å². The van der Waals surface area contributed by atoms with Crippen LogP contribution in [0.2, 0.25) is 0 Å². The third kappa shape index (κ3) is 7.10. The van der Waals surface area contributed by atoms with Crippen LogP contribution in [0.5, 0.6) is 0 Å². The van der Waals surface area contributed by atoms with Crippen molar-refractivity contribution in [2.24, 2.45) is 0 Å². The molecule has 10 nitrogen and oxygen atoms in total. The number of rotatable bonds is 0. The second-order valence-corrected chi connectivity index (χ2v) is 7.26. The molecule has 140 valence electrons. The highest BCUT2D eigenvalue weighted by Crippen LogP contribution is 2.11. The molecule has 1 aliphatic heterocycles. The first-order valence-corrected chi connectivity index (χ1v) is 7.69. The maximum absolute atomic E-state index is 11.8. The van der Waals surface area contributed by atoms with Crippen LogP contribution in [0.3, 0.4) is 0 Å². The summed E-state index contributed by atoms with van der Waals surface area (Å²) in [5.74, 6) is -0.617. The van der Waals surface area contributed by atoms with Crippen molar-refractivity contribution in [3.63, 3.8) is 0 Å². The predicted molar refractivity (Wildman–Crippen MR) is 91.9 cm³/mol. The minimum atomic E-state index is -0.788. The second-order valence-electron chi connectivity index (χ2n) is 7.26. The van der Waals surface area contributed by atoms with Gasteiger partial charge in [0.2, 0.25) is 11.9 Å². The maximum Gasteiger partial charge on any atom is 0.414 e. The molecule has 0 aromatic heterocycles. The molecular formula is C15H26N6O4. The van der Waals surface area contributed by atoms with Crippen LogP contribution in [0.4, 0.5) is 9.59 Å². The molecule has 0 saturated carbocycles. The van der Waals surface area contributed by atoms with E-state index in [4.69, 9.17) is 20.3 Å². The fourth-order valence-electron chi connectivity index (χ4n) is 1.73. The summed E-state index contributed by atoms with van der Waals surface area (Å²) in [5.41, 5.74) is -1.39. The van der Waals surface area contributed by atoms with Gasteiger partial charge in [-0.2, -0.15) is 0 Å². The molecule has 0 radical (unpaired) electrons. The Hall–Kier alpha value is -2.78. The Morgan fingerprint density at radius 2 is 1.36 bits per heavy atom. The van der Waals surface area contributed by atoms with Crippen molar-refractivity contribution in [3.05, 3.63) is 12.3 Å². The lowest BCUT2D eigenvalue weighted by molar-refractivity contribution is 0.0524. The second kappa shape index (κ2) is 7.41. The van der Waals surface area contributed by atoms with Gasteiger partial charge in [-0.05, 0) is 47.6 Å². The van der Waals surface area contributed by atoms with Crippen LogP contribution in [0.1, 0.15) is 41.5 Å². The summed E-state index contributed by atoms with van der Waals surface area (Å²) in [5, 5.41) is 22.9. The standard InChI is InChI=1S/C15H26N6O4/c1-14(2,3)24-12(22)18-10(16)20-8-7-9-21(20)11(17)19-13(23)25-15(4,5)6/h7-8H,9H2,1-6H3,(H2,16,18,22)(H2,17,19,23). The highest BCUT2D eigenvalue weighted by molar-refractivity contribution is 5.96. The van der Waals surface area contributed by atoms with Gasteiger partial charge < -0.3 is 9.47 Å². The first-order valence-electron chi connectivity index (χ1n) is 7.69. The Kier molecular flexibility index (Phi) is 6.01. The number of hydrazine groups is 1. The van der Waals surface area contributed by atoms with Gasteiger partial charge in [-0.1, -0.05) is 0 Å². The first-order chi connectivity index (χ1) is 11.3. The fourth-order valence-corrected chi connectivity index (χ4v) is 1.73. The van der Waals surface area contributed by atoms with Crippen molar-refractivity contribution in [3.8, 4) is 0 Å². The molecule has 0 saturated heterocycles. The predicted octanol–water partition coefficient (Wildman–Crippen LogP) is 1.95. The number of guanidine groups is 2. The minimum absolute atomic E-state index is 0.243. The van der Waals surface area contributed by atoms with Crippen LogP contribution in [0.15, 0.2) is 12.3 Å². The number of ether oxygens (including phenoxy) is 2. The molecule has 1 heterocycles. The van der Waals surface area contributed by atoms with E-state index in [9.17, 15) is 9.59 Å². The highest BCUT2D eigenvalue weighted by Gasteiger charge is 2.27. The van der Waals surface area contributed by atoms with Crippen molar-refractivity contribution >= 4 is 24.1 Å². The van der Waals surface area contributed by atoms with E-state index in [1.165, 1.54) is 16.2 Å². The van der Waals surface area contributed by atoms with Gasteiger partial charge in [0.1, 0.15) is 11.2 Å². The number of amides is 2. The molecule has 0 bridgehead atoms. The van der Waals surface area contributed by atoms with Gasteiger partial charge in [-0.15, -0.1) is 0 Å². The van der Waals surface area contributed by atoms with Crippen molar-refractivity contribution in [2.45, 2.75) is 52.7 Å². The Balaban J connectivity index is 2.64. The van der Waals surface area contributed by atoms with E-state index in [-0.39, 0.29) is 18.5 Å². The lowest BCUT2D eigenvalue weighted by Crippen LogP contribution is -2.54. The molecule has 0 spiro atoms. The van der Waals surface area contributed by atoms with E-state index < -0.39 is 23.4 Å². The average Bonchev–Trinajstić information content (AvgIpc) is 2.82. The van der Waals surface area contributed by atoms with Crippen molar-refractivity contribution in [1.29, 1.82) is 10.8 Å². The van der Waals surface area contributed by atoms with Gasteiger partial charge in [0.25, 0.3) is 0 Å². The van der Waals surface area contributed by atoms with Gasteiger partial charge in [-0.3, -0.25) is 21.5 Å². The number of hydrogen-bond acceptors (Lipinski definition) is 6. The number of nitrogens with zero attached hydrogens (tertiary/aromatic N) is 2. The Labute approximate surface area is 147 Å². The zero-order valence-electron chi connectivity index (χ0n) is 15.4. The molecule has 10 heteroatoms. The Morgan fingerprint density at radius 1 is 0.920 bits per heavy atom. The van der Waals surface area contributed by atoms with Crippen LogP contribution in [0.25, 0.3) is 0 Å². The van der Waals surface area contributed by atoms with Gasteiger partial charge in [0.05, 0.1) is 6.54 Å². The Bertz CT molecular complexity index is 588. The van der Waals surface area contributed by atoms with Crippen LogP contribution in [0, 0.1) is 10.8 Å². The number of carbonyl (C=O) groups excluding carboxylic acids is 2. The van der Waals surface area contributed by atoms with E-state index in [0.717, 1.165) is 0 Å². The smallest absolute Gasteiger partial charge is 0.414 e. The molecule has 4 N–H and O–H groups in total. The maximum atomic E-state index is 11.8. The van der Waals surface area contributed by atoms with Crippen LogP contribution < -0.4 is 10.6 Å². The molecule has 0 aliphatic carbocycles. The summed E-state index contributed by atoms with van der Waals surface area (Å²) >= 11 is 0. The monoisotopic (exact) mass is 354 g/mol. The zero-order valence-corrected chi connectivity index (χ0v) is 15.4. The van der Waals surface area contributed by atoms with E-state index in [1.807, 2.05) is 0 Å². The number of alkyl carbamates (subject to hydrolysis) is 2. The van der Waals surface area contributed by atoms with Crippen molar-refractivity contribution in [2.75, 3.05) is 6.54 Å². The molecule has 0 fully saturated rings. The largest absolute Gasteiger partial charge is 0.444 e. The van der Waals surface area contributed by atoms with Crippen LogP contribution in [-0.4, -0.2) is 51.9 Å². The van der Waals surface area contributed by atoms with E-state index >= 15 is 0 Å². The average molecular weight is 354 g/mol. The van der Waals surface area contributed by atoms with Gasteiger partial charge in [-0.25, -0.2) is 19.6 Å². The van der Waals surface area contributed by atoms with E-state index in [1.54, 1.807) is 47.6 Å². The normalized spacial score (nSPS) is 14.2. The summed E-state index contributed by atoms with van der Waals surface area (Å²) in [7, 11) is 0. The molecule has 1 aliphatic rings. The summed E-state index contributed by atoms with van der Waals surface area (Å²) in [6.07, 6.45) is 1.59. The molecular weight excluding hydrogens is 328 g/mol. The zero-order chi connectivity index (χ0) is 19.4. The highest BCUT2D eigenvalue weighted by atomic mass is 16.6. The van der Waals surface area contributed by atoms with Crippen LogP contribution >= 0.6 is 0 Å². The molecule has 2 amide bonds. The summed E-state index contributed by atoms with van der Waals surface area (Å²) in [6, 6.07) is 0. The summed E-state index contributed by atoms with van der Waals surface area (Å²) in [4.78, 5) is 23.5. The van der Waals surface area contributed by atoms with Crippen molar-refractivity contribution in [1.82, 2.24) is 20.7 Å². The SMILES string of the molecule is CC(C)(C)OC(=O)NC(=N)N1C=CCN1C(=N)NC(=O)OC(C)(C)C. The van der Waals surface area contributed by atoms with Gasteiger partial charge >= 0.3 is 12.2 Å². The molecule has 0 aromatic carbocycles. The molecule has 0 atom stereocenters. The molecule has 25 heavy (non-hydrogen) atoms. The fraction of sp³-hybridized carbons (Fsp3) is 0.600. The van der Waals surface area contributed by atoms with E-state index in [2.05, 4.69) is 10.6 Å². The molecule has 0 unspecified atom stereocenters.